The lowest BCUT2D eigenvalue weighted by molar-refractivity contribution is 0.378. The van der Waals surface area contributed by atoms with E-state index in [0.717, 1.165) is 0 Å². The van der Waals surface area contributed by atoms with Crippen LogP contribution in [0.15, 0.2) is 41.6 Å². The van der Waals surface area contributed by atoms with E-state index in [-0.39, 0.29) is 0 Å². The zero-order chi connectivity index (χ0) is 11.2. The number of aryl methyl sites for hydroxylation is 1. The third-order valence-electron chi connectivity index (χ3n) is 4.37. The van der Waals surface area contributed by atoms with Crippen molar-refractivity contribution in [3.63, 3.8) is 0 Å². The molecule has 0 N–H and O–H groups in total. The summed E-state index contributed by atoms with van der Waals surface area (Å²) in [6.07, 6.45) is 7.40. The van der Waals surface area contributed by atoms with Gasteiger partial charge in [0.15, 0.2) is 0 Å². The lowest BCUT2D eigenvalue weighted by Crippen LogP contribution is -2.28. The minimum absolute atomic E-state index is 1.22. The standard InChI is InChI=1S/C16H17N/c1-2-5-13-12(4-1)7-8-15-14(13)9-11-17-10-3-6-16(15)17/h1-2,4-6H,3,7-11H2. The van der Waals surface area contributed by atoms with E-state index in [0.29, 0.717) is 0 Å². The summed E-state index contributed by atoms with van der Waals surface area (Å²) in [5, 5.41) is 0. The molecule has 17 heavy (non-hydrogen) atoms. The third kappa shape index (κ3) is 1.32. The molecule has 86 valence electrons. The molecule has 1 nitrogen and oxygen atoms in total. The first-order valence-corrected chi connectivity index (χ1v) is 6.69. The highest BCUT2D eigenvalue weighted by molar-refractivity contribution is 5.77. The van der Waals surface area contributed by atoms with Crippen molar-refractivity contribution in [1.29, 1.82) is 0 Å². The predicted octanol–water partition coefficient (Wildman–Crippen LogP) is 3.38. The maximum Gasteiger partial charge on any atom is 0.0362 e. The highest BCUT2D eigenvalue weighted by Crippen LogP contribution is 2.42. The minimum atomic E-state index is 1.22. The largest absolute Gasteiger partial charge is 0.371 e. The van der Waals surface area contributed by atoms with Gasteiger partial charge in [-0.2, -0.15) is 0 Å². The van der Waals surface area contributed by atoms with Gasteiger partial charge in [-0.05, 0) is 48.0 Å². The number of fused-ring (bicyclic) bond motifs is 4. The van der Waals surface area contributed by atoms with E-state index in [9.17, 15) is 0 Å². The van der Waals surface area contributed by atoms with Gasteiger partial charge in [-0.25, -0.2) is 0 Å². The smallest absolute Gasteiger partial charge is 0.0362 e. The van der Waals surface area contributed by atoms with Crippen LogP contribution in [0.25, 0.3) is 5.57 Å². The second kappa shape index (κ2) is 3.49. The van der Waals surface area contributed by atoms with Crippen LogP contribution in [0.4, 0.5) is 0 Å². The molecular weight excluding hydrogens is 206 g/mol. The van der Waals surface area contributed by atoms with Crippen LogP contribution < -0.4 is 0 Å². The molecule has 3 aliphatic rings. The molecule has 0 amide bonds. The molecule has 0 radical (unpaired) electrons. The van der Waals surface area contributed by atoms with Crippen LogP contribution in [0.1, 0.15) is 30.4 Å². The van der Waals surface area contributed by atoms with Crippen molar-refractivity contribution in [3.05, 3.63) is 52.7 Å². The van der Waals surface area contributed by atoms with E-state index in [1.165, 1.54) is 44.3 Å². The summed E-state index contributed by atoms with van der Waals surface area (Å²) in [5.74, 6) is 0. The fraction of sp³-hybridized carbons (Fsp3) is 0.375. The minimum Gasteiger partial charge on any atom is -0.371 e. The van der Waals surface area contributed by atoms with Gasteiger partial charge in [0.1, 0.15) is 0 Å². The average molecular weight is 223 g/mol. The Bertz CT molecular complexity index is 536. The molecule has 0 saturated heterocycles. The molecule has 0 aromatic heterocycles. The Labute approximate surface area is 102 Å². The zero-order valence-electron chi connectivity index (χ0n) is 10.1. The van der Waals surface area contributed by atoms with Gasteiger partial charge in [0.05, 0.1) is 0 Å². The quantitative estimate of drug-likeness (QED) is 0.651. The van der Waals surface area contributed by atoms with Crippen LogP contribution >= 0.6 is 0 Å². The second-order valence-electron chi connectivity index (χ2n) is 5.23. The van der Waals surface area contributed by atoms with Crippen LogP contribution in [0.5, 0.6) is 0 Å². The van der Waals surface area contributed by atoms with Crippen LogP contribution in [0.2, 0.25) is 0 Å². The van der Waals surface area contributed by atoms with E-state index < -0.39 is 0 Å². The van der Waals surface area contributed by atoms with Crippen LogP contribution in [0, 0.1) is 0 Å². The van der Waals surface area contributed by atoms with Gasteiger partial charge >= 0.3 is 0 Å². The first kappa shape index (κ1) is 9.52. The van der Waals surface area contributed by atoms with Gasteiger partial charge in [0, 0.05) is 18.8 Å². The Balaban J connectivity index is 1.90. The van der Waals surface area contributed by atoms with Gasteiger partial charge in [-0.3, -0.25) is 0 Å². The van der Waals surface area contributed by atoms with Gasteiger partial charge in [0.2, 0.25) is 0 Å². The summed E-state index contributed by atoms with van der Waals surface area (Å²) in [6, 6.07) is 8.97. The van der Waals surface area contributed by atoms with Crippen molar-refractivity contribution in [3.8, 4) is 0 Å². The molecule has 0 bridgehead atoms. The summed E-state index contributed by atoms with van der Waals surface area (Å²) in [4.78, 5) is 2.58. The van der Waals surface area contributed by atoms with Crippen LogP contribution in [0.3, 0.4) is 0 Å². The molecule has 0 saturated carbocycles. The van der Waals surface area contributed by atoms with E-state index in [1.807, 2.05) is 0 Å². The maximum absolute atomic E-state index is 2.58. The predicted molar refractivity (Wildman–Crippen MR) is 70.6 cm³/mol. The lowest BCUT2D eigenvalue weighted by Gasteiger charge is -2.35. The Morgan fingerprint density at radius 3 is 2.82 bits per heavy atom. The molecule has 0 spiro atoms. The van der Waals surface area contributed by atoms with Gasteiger partial charge in [-0.15, -0.1) is 0 Å². The molecule has 1 aromatic carbocycles. The van der Waals surface area contributed by atoms with Crippen molar-refractivity contribution in [2.75, 3.05) is 13.1 Å². The molecular formula is C16H17N. The maximum atomic E-state index is 2.58. The Morgan fingerprint density at radius 2 is 1.82 bits per heavy atom. The first-order chi connectivity index (χ1) is 8.43. The van der Waals surface area contributed by atoms with Crippen molar-refractivity contribution >= 4 is 5.57 Å². The first-order valence-electron chi connectivity index (χ1n) is 6.69. The summed E-state index contributed by atoms with van der Waals surface area (Å²) in [6.45, 7) is 2.47. The Hall–Kier alpha value is -1.50. The van der Waals surface area contributed by atoms with Crippen molar-refractivity contribution in [1.82, 2.24) is 4.90 Å². The summed E-state index contributed by atoms with van der Waals surface area (Å²) in [7, 11) is 0. The van der Waals surface area contributed by atoms with Gasteiger partial charge < -0.3 is 4.90 Å². The molecule has 4 rings (SSSR count). The van der Waals surface area contributed by atoms with Crippen molar-refractivity contribution in [2.45, 2.75) is 25.7 Å². The van der Waals surface area contributed by atoms with E-state index in [4.69, 9.17) is 0 Å². The average Bonchev–Trinajstić information content (AvgIpc) is 2.86. The number of benzene rings is 1. The topological polar surface area (TPSA) is 3.24 Å². The summed E-state index contributed by atoms with van der Waals surface area (Å²) < 4.78 is 0. The van der Waals surface area contributed by atoms with E-state index in [1.54, 1.807) is 22.4 Å². The summed E-state index contributed by atoms with van der Waals surface area (Å²) >= 11 is 0. The molecule has 0 unspecified atom stereocenters. The molecule has 2 aliphatic heterocycles. The molecule has 2 heterocycles. The van der Waals surface area contributed by atoms with Crippen LogP contribution in [-0.2, 0) is 6.42 Å². The van der Waals surface area contributed by atoms with Crippen LogP contribution in [-0.4, -0.2) is 18.0 Å². The number of hydrogen-bond acceptors (Lipinski definition) is 1. The number of allylic oxidation sites excluding steroid dienone is 1. The lowest BCUT2D eigenvalue weighted by atomic mass is 9.81. The third-order valence-corrected chi connectivity index (χ3v) is 4.37. The van der Waals surface area contributed by atoms with E-state index >= 15 is 0 Å². The molecule has 1 aliphatic carbocycles. The Morgan fingerprint density at radius 1 is 0.882 bits per heavy atom. The molecule has 1 aromatic rings. The fourth-order valence-corrected chi connectivity index (χ4v) is 3.57. The van der Waals surface area contributed by atoms with Gasteiger partial charge in [-0.1, -0.05) is 30.3 Å². The monoisotopic (exact) mass is 223 g/mol. The highest BCUT2D eigenvalue weighted by Gasteiger charge is 2.29. The zero-order valence-corrected chi connectivity index (χ0v) is 10.1. The van der Waals surface area contributed by atoms with E-state index in [2.05, 4.69) is 35.2 Å². The highest BCUT2D eigenvalue weighted by atomic mass is 15.2. The SMILES string of the molecule is C1=C2C3=C(CCN2CC1)c1ccccc1CC3. The van der Waals surface area contributed by atoms with Crippen molar-refractivity contribution in [2.24, 2.45) is 0 Å². The molecule has 1 heteroatoms. The molecule has 0 fully saturated rings. The van der Waals surface area contributed by atoms with Crippen molar-refractivity contribution < 1.29 is 0 Å². The Kier molecular flexibility index (Phi) is 1.96. The number of hydrogen-bond donors (Lipinski definition) is 0. The fourth-order valence-electron chi connectivity index (χ4n) is 3.57. The van der Waals surface area contributed by atoms with Gasteiger partial charge in [0.25, 0.3) is 0 Å². The summed E-state index contributed by atoms with van der Waals surface area (Å²) in [5.41, 5.74) is 7.92. The normalized spacial score (nSPS) is 21.9. The second-order valence-corrected chi connectivity index (χ2v) is 5.23. The number of nitrogens with zero attached hydrogens (tertiary/aromatic N) is 1. The molecule has 0 atom stereocenters. The number of rotatable bonds is 0.